The first-order chi connectivity index (χ1) is 8.53. The lowest BCUT2D eigenvalue weighted by molar-refractivity contribution is -0.177. The summed E-state index contributed by atoms with van der Waals surface area (Å²) in [5.74, 6) is -1.75. The highest BCUT2D eigenvalue weighted by Crippen LogP contribution is 2.19. The van der Waals surface area contributed by atoms with Gasteiger partial charge in [0.1, 0.15) is 0 Å². The summed E-state index contributed by atoms with van der Waals surface area (Å²) in [5, 5.41) is 12.5. The van der Waals surface area contributed by atoms with Gasteiger partial charge in [0, 0.05) is 12.2 Å². The SMILES string of the molecule is NCCCC(CS)C(=O)OC(=O)[C@]1(O)CCCN1. The number of hydrogen-bond acceptors (Lipinski definition) is 7. The van der Waals surface area contributed by atoms with Gasteiger partial charge in [0.2, 0.25) is 5.72 Å². The van der Waals surface area contributed by atoms with Crippen LogP contribution in [0.15, 0.2) is 0 Å². The zero-order chi connectivity index (χ0) is 13.6. The molecule has 7 heteroatoms. The molecular weight excluding hydrogens is 256 g/mol. The van der Waals surface area contributed by atoms with Crippen LogP contribution in [0.1, 0.15) is 25.7 Å². The van der Waals surface area contributed by atoms with Gasteiger partial charge in [-0.1, -0.05) is 0 Å². The van der Waals surface area contributed by atoms with E-state index < -0.39 is 23.6 Å². The molecule has 1 aliphatic heterocycles. The summed E-state index contributed by atoms with van der Waals surface area (Å²) in [6.07, 6.45) is 2.12. The maximum Gasteiger partial charge on any atom is 0.361 e. The number of rotatable bonds is 6. The van der Waals surface area contributed by atoms with Gasteiger partial charge in [-0.2, -0.15) is 12.6 Å². The Morgan fingerprint density at radius 3 is 2.78 bits per heavy atom. The largest absolute Gasteiger partial charge is 0.390 e. The molecule has 0 spiro atoms. The van der Waals surface area contributed by atoms with Crippen molar-refractivity contribution in [3.05, 3.63) is 0 Å². The quantitative estimate of drug-likeness (QED) is 0.294. The number of carbonyl (C=O) groups excluding carboxylic acids is 2. The van der Waals surface area contributed by atoms with Gasteiger partial charge < -0.3 is 15.6 Å². The first-order valence-electron chi connectivity index (χ1n) is 6.08. The number of nitrogens with two attached hydrogens (primary N) is 1. The van der Waals surface area contributed by atoms with Gasteiger partial charge in [0.25, 0.3) is 0 Å². The van der Waals surface area contributed by atoms with Crippen molar-refractivity contribution in [2.24, 2.45) is 11.7 Å². The molecule has 104 valence electrons. The van der Waals surface area contributed by atoms with Crippen LogP contribution >= 0.6 is 12.6 Å². The second kappa shape index (κ2) is 7.08. The first kappa shape index (κ1) is 15.4. The van der Waals surface area contributed by atoms with E-state index in [0.717, 1.165) is 0 Å². The Balaban J connectivity index is 2.49. The summed E-state index contributed by atoms with van der Waals surface area (Å²) in [5.41, 5.74) is 3.64. The maximum absolute atomic E-state index is 11.7. The van der Waals surface area contributed by atoms with Crippen LogP contribution in [-0.4, -0.2) is 41.6 Å². The second-order valence-corrected chi connectivity index (χ2v) is 4.77. The van der Waals surface area contributed by atoms with Crippen molar-refractivity contribution in [2.75, 3.05) is 18.8 Å². The van der Waals surface area contributed by atoms with Gasteiger partial charge in [-0.25, -0.2) is 4.79 Å². The third kappa shape index (κ3) is 3.94. The minimum Gasteiger partial charge on any atom is -0.390 e. The van der Waals surface area contributed by atoms with Gasteiger partial charge in [-0.05, 0) is 32.4 Å². The molecule has 1 rings (SSSR count). The molecule has 18 heavy (non-hydrogen) atoms. The monoisotopic (exact) mass is 276 g/mol. The molecule has 0 bridgehead atoms. The molecular formula is C11H20N2O4S. The highest BCUT2D eigenvalue weighted by Gasteiger charge is 2.42. The van der Waals surface area contributed by atoms with E-state index in [2.05, 4.69) is 17.9 Å². The lowest BCUT2D eigenvalue weighted by atomic mass is 10.1. The highest BCUT2D eigenvalue weighted by molar-refractivity contribution is 7.80. The summed E-state index contributed by atoms with van der Waals surface area (Å²) in [6.45, 7) is 1.000. The van der Waals surface area contributed by atoms with Crippen molar-refractivity contribution in [1.82, 2.24) is 5.32 Å². The molecule has 1 unspecified atom stereocenters. The van der Waals surface area contributed by atoms with Crippen LogP contribution in [0, 0.1) is 5.92 Å². The number of nitrogens with one attached hydrogen (secondary N) is 1. The number of aliphatic hydroxyl groups is 1. The maximum atomic E-state index is 11.7. The van der Waals surface area contributed by atoms with Crippen LogP contribution in [0.2, 0.25) is 0 Å². The van der Waals surface area contributed by atoms with Crippen LogP contribution in [0.25, 0.3) is 0 Å². The van der Waals surface area contributed by atoms with Crippen LogP contribution in [-0.2, 0) is 14.3 Å². The molecule has 6 nitrogen and oxygen atoms in total. The molecule has 0 aromatic rings. The fourth-order valence-corrected chi connectivity index (χ4v) is 2.14. The van der Waals surface area contributed by atoms with E-state index in [1.54, 1.807) is 0 Å². The Morgan fingerprint density at radius 1 is 1.56 bits per heavy atom. The Morgan fingerprint density at radius 2 is 2.28 bits per heavy atom. The van der Waals surface area contributed by atoms with Crippen LogP contribution < -0.4 is 11.1 Å². The van der Waals surface area contributed by atoms with Gasteiger partial charge in [0.05, 0.1) is 5.92 Å². The van der Waals surface area contributed by atoms with E-state index in [-0.39, 0.29) is 12.2 Å². The topological polar surface area (TPSA) is 102 Å². The number of esters is 2. The van der Waals surface area contributed by atoms with Crippen molar-refractivity contribution in [2.45, 2.75) is 31.4 Å². The third-order valence-corrected chi connectivity index (χ3v) is 3.41. The normalized spacial score (nSPS) is 24.8. The second-order valence-electron chi connectivity index (χ2n) is 4.41. The molecule has 0 aromatic carbocycles. The molecule has 1 aliphatic rings. The molecule has 0 radical (unpaired) electrons. The summed E-state index contributed by atoms with van der Waals surface area (Å²) in [4.78, 5) is 23.4. The molecule has 1 saturated heterocycles. The standard InChI is InChI=1S/C11H20N2O4S/c12-5-1-3-8(7-18)9(14)17-10(15)11(16)4-2-6-13-11/h8,13,16,18H,1-7,12H2/t8?,11-/m1/s1. The third-order valence-electron chi connectivity index (χ3n) is 2.97. The van der Waals surface area contributed by atoms with Crippen molar-refractivity contribution >= 4 is 24.6 Å². The fourth-order valence-electron chi connectivity index (χ4n) is 1.81. The summed E-state index contributed by atoms with van der Waals surface area (Å²) in [6, 6.07) is 0. The average Bonchev–Trinajstić information content (AvgIpc) is 2.78. The fraction of sp³-hybridized carbons (Fsp3) is 0.818. The minimum absolute atomic E-state index is 0.257. The smallest absolute Gasteiger partial charge is 0.361 e. The van der Waals surface area contributed by atoms with E-state index in [0.29, 0.717) is 32.4 Å². The van der Waals surface area contributed by atoms with Crippen molar-refractivity contribution in [3.8, 4) is 0 Å². The minimum atomic E-state index is -1.72. The Labute approximate surface area is 112 Å². The Kier molecular flexibility index (Phi) is 6.07. The number of ether oxygens (including phenoxy) is 1. The van der Waals surface area contributed by atoms with Crippen molar-refractivity contribution in [3.63, 3.8) is 0 Å². The summed E-state index contributed by atoms with van der Waals surface area (Å²) < 4.78 is 4.71. The average molecular weight is 276 g/mol. The van der Waals surface area contributed by atoms with E-state index >= 15 is 0 Å². The van der Waals surface area contributed by atoms with Gasteiger partial charge >= 0.3 is 11.9 Å². The van der Waals surface area contributed by atoms with E-state index in [1.165, 1.54) is 0 Å². The van der Waals surface area contributed by atoms with Crippen molar-refractivity contribution in [1.29, 1.82) is 0 Å². The number of hydrogen-bond donors (Lipinski definition) is 4. The molecule has 1 heterocycles. The molecule has 2 atom stereocenters. The lowest BCUT2D eigenvalue weighted by Gasteiger charge is -2.21. The molecule has 0 saturated carbocycles. The highest BCUT2D eigenvalue weighted by atomic mass is 32.1. The Hall–Kier alpha value is -0.630. The Bertz CT molecular complexity index is 305. The van der Waals surface area contributed by atoms with Crippen LogP contribution in [0.3, 0.4) is 0 Å². The van der Waals surface area contributed by atoms with Gasteiger partial charge in [-0.3, -0.25) is 10.1 Å². The van der Waals surface area contributed by atoms with E-state index in [4.69, 9.17) is 10.5 Å². The predicted octanol–water partition coefficient (Wildman–Crippen LogP) is -0.587. The zero-order valence-corrected chi connectivity index (χ0v) is 11.1. The number of carbonyl (C=O) groups is 2. The van der Waals surface area contributed by atoms with E-state index in [1.807, 2.05) is 0 Å². The van der Waals surface area contributed by atoms with Crippen LogP contribution in [0.4, 0.5) is 0 Å². The number of thiol groups is 1. The lowest BCUT2D eigenvalue weighted by Crippen LogP contribution is -2.49. The van der Waals surface area contributed by atoms with Gasteiger partial charge in [-0.15, -0.1) is 0 Å². The first-order valence-corrected chi connectivity index (χ1v) is 6.71. The van der Waals surface area contributed by atoms with Crippen LogP contribution in [0.5, 0.6) is 0 Å². The molecule has 0 aromatic heterocycles. The predicted molar refractivity (Wildman–Crippen MR) is 68.9 cm³/mol. The van der Waals surface area contributed by atoms with E-state index in [9.17, 15) is 14.7 Å². The summed E-state index contributed by atoms with van der Waals surface area (Å²) in [7, 11) is 0. The molecule has 0 aliphatic carbocycles. The molecule has 0 amide bonds. The molecule has 1 fully saturated rings. The molecule has 4 N–H and O–H groups in total. The zero-order valence-electron chi connectivity index (χ0n) is 10.2. The van der Waals surface area contributed by atoms with Gasteiger partial charge in [0.15, 0.2) is 0 Å². The summed E-state index contributed by atoms with van der Waals surface area (Å²) >= 11 is 4.05. The van der Waals surface area contributed by atoms with Crippen molar-refractivity contribution < 1.29 is 19.4 Å².